The van der Waals surface area contributed by atoms with Crippen LogP contribution < -0.4 is 10.6 Å². The molecule has 0 aromatic carbocycles. The molecule has 2 N–H and O–H groups in total. The number of carbonyl (C=O) groups is 3. The smallest absolute Gasteiger partial charge is 0.277 e. The van der Waals surface area contributed by atoms with Crippen LogP contribution in [-0.2, 0) is 9.59 Å². The molecule has 0 unspecified atom stereocenters. The number of hydrogen-bond donors (Lipinski definition) is 2. The summed E-state index contributed by atoms with van der Waals surface area (Å²) in [6.45, 7) is 7.20. The van der Waals surface area contributed by atoms with E-state index in [-0.39, 0.29) is 0 Å². The lowest BCUT2D eigenvalue weighted by Gasteiger charge is -2.42. The highest BCUT2D eigenvalue weighted by Crippen LogP contribution is 2.43. The minimum atomic E-state index is -1.17. The van der Waals surface area contributed by atoms with E-state index in [1.165, 1.54) is 0 Å². The molecule has 1 heterocycles. The summed E-state index contributed by atoms with van der Waals surface area (Å²) in [6, 6.07) is -0.738. The highest BCUT2D eigenvalue weighted by atomic mass is 16.2. The maximum atomic E-state index is 11.8. The highest BCUT2D eigenvalue weighted by Gasteiger charge is 2.56. The van der Waals surface area contributed by atoms with Gasteiger partial charge in [-0.25, -0.2) is 4.79 Å². The van der Waals surface area contributed by atoms with E-state index >= 15 is 0 Å². The SMILES string of the molecule is CCC1(C(C)(C)C)C(=O)NC(=O)NC1=O. The fourth-order valence-electron chi connectivity index (χ4n) is 2.09. The van der Waals surface area contributed by atoms with Gasteiger partial charge in [0.25, 0.3) is 0 Å². The van der Waals surface area contributed by atoms with Crippen LogP contribution in [0.1, 0.15) is 34.1 Å². The third-order valence-electron chi connectivity index (χ3n) is 3.04. The zero-order valence-corrected chi connectivity index (χ0v) is 9.43. The number of nitrogens with one attached hydrogen (secondary N) is 2. The average Bonchev–Trinajstić information content (AvgIpc) is 2.00. The molecule has 0 saturated carbocycles. The van der Waals surface area contributed by atoms with Crippen molar-refractivity contribution < 1.29 is 14.4 Å². The van der Waals surface area contributed by atoms with Crippen LogP contribution in [0.4, 0.5) is 4.79 Å². The molecule has 1 aliphatic heterocycles. The monoisotopic (exact) mass is 212 g/mol. The second-order valence-electron chi connectivity index (χ2n) is 4.75. The van der Waals surface area contributed by atoms with Crippen LogP contribution in [0.5, 0.6) is 0 Å². The first kappa shape index (κ1) is 11.7. The summed E-state index contributed by atoms with van der Waals surface area (Å²) in [5, 5.41) is 4.30. The highest BCUT2D eigenvalue weighted by molar-refractivity contribution is 6.19. The molecular weight excluding hydrogens is 196 g/mol. The van der Waals surface area contributed by atoms with Crippen LogP contribution in [0.25, 0.3) is 0 Å². The van der Waals surface area contributed by atoms with Crippen molar-refractivity contribution in [1.29, 1.82) is 0 Å². The lowest BCUT2D eigenvalue weighted by molar-refractivity contribution is -0.152. The van der Waals surface area contributed by atoms with Crippen molar-refractivity contribution in [3.8, 4) is 0 Å². The molecule has 0 bridgehead atoms. The van der Waals surface area contributed by atoms with Gasteiger partial charge in [-0.15, -0.1) is 0 Å². The molecule has 1 aliphatic rings. The Morgan fingerprint density at radius 2 is 1.47 bits per heavy atom. The van der Waals surface area contributed by atoms with Crippen LogP contribution in [0.2, 0.25) is 0 Å². The second-order valence-corrected chi connectivity index (χ2v) is 4.75. The molecule has 0 aromatic rings. The van der Waals surface area contributed by atoms with Crippen molar-refractivity contribution in [3.05, 3.63) is 0 Å². The van der Waals surface area contributed by atoms with Crippen LogP contribution in [0, 0.1) is 10.8 Å². The molecule has 5 nitrogen and oxygen atoms in total. The first-order valence-electron chi connectivity index (χ1n) is 4.92. The molecule has 0 radical (unpaired) electrons. The predicted octanol–water partition coefficient (Wildman–Crippen LogP) is 0.795. The Bertz CT molecular complexity index is 308. The Morgan fingerprint density at radius 1 is 1.07 bits per heavy atom. The van der Waals surface area contributed by atoms with E-state index in [4.69, 9.17) is 0 Å². The summed E-state index contributed by atoms with van der Waals surface area (Å²) in [4.78, 5) is 34.6. The van der Waals surface area contributed by atoms with Gasteiger partial charge in [0, 0.05) is 0 Å². The van der Waals surface area contributed by atoms with Crippen molar-refractivity contribution in [1.82, 2.24) is 10.6 Å². The fraction of sp³-hybridized carbons (Fsp3) is 0.700. The van der Waals surface area contributed by atoms with E-state index in [1.807, 2.05) is 20.8 Å². The number of hydrogen-bond acceptors (Lipinski definition) is 3. The van der Waals surface area contributed by atoms with E-state index in [0.29, 0.717) is 6.42 Å². The predicted molar refractivity (Wildman–Crippen MR) is 53.9 cm³/mol. The number of barbiturate groups is 1. The topological polar surface area (TPSA) is 75.3 Å². The third-order valence-corrected chi connectivity index (χ3v) is 3.04. The van der Waals surface area contributed by atoms with Gasteiger partial charge in [0.05, 0.1) is 0 Å². The van der Waals surface area contributed by atoms with Crippen molar-refractivity contribution in [2.24, 2.45) is 10.8 Å². The molecule has 84 valence electrons. The Morgan fingerprint density at radius 3 is 1.73 bits per heavy atom. The third kappa shape index (κ3) is 1.52. The van der Waals surface area contributed by atoms with E-state index in [2.05, 4.69) is 10.6 Å². The largest absolute Gasteiger partial charge is 0.328 e. The molecule has 0 aliphatic carbocycles. The van der Waals surface area contributed by atoms with Crippen LogP contribution >= 0.6 is 0 Å². The van der Waals surface area contributed by atoms with E-state index in [9.17, 15) is 14.4 Å². The maximum absolute atomic E-state index is 11.8. The summed E-state index contributed by atoms with van der Waals surface area (Å²) in [6.07, 6.45) is 0.363. The Hall–Kier alpha value is -1.39. The molecule has 0 aromatic heterocycles. The van der Waals surface area contributed by atoms with E-state index in [0.717, 1.165) is 0 Å². The minimum Gasteiger partial charge on any atom is -0.277 e. The summed E-state index contributed by atoms with van der Waals surface area (Å²) in [5.41, 5.74) is -1.70. The van der Waals surface area contributed by atoms with Gasteiger partial charge < -0.3 is 0 Å². The summed E-state index contributed by atoms with van der Waals surface area (Å²) in [5.74, 6) is -1.02. The molecular formula is C10H16N2O3. The average molecular weight is 212 g/mol. The molecule has 1 saturated heterocycles. The summed E-state index contributed by atoms with van der Waals surface area (Å²) < 4.78 is 0. The normalized spacial score (nSPS) is 20.9. The van der Waals surface area contributed by atoms with Gasteiger partial charge in [0.1, 0.15) is 5.41 Å². The Labute approximate surface area is 88.6 Å². The number of imide groups is 2. The Kier molecular flexibility index (Phi) is 2.59. The van der Waals surface area contributed by atoms with Crippen molar-refractivity contribution >= 4 is 17.8 Å². The van der Waals surface area contributed by atoms with Crippen LogP contribution in [-0.4, -0.2) is 17.8 Å². The van der Waals surface area contributed by atoms with Gasteiger partial charge in [-0.2, -0.15) is 0 Å². The molecule has 1 rings (SSSR count). The number of amides is 4. The minimum absolute atomic E-state index is 0.363. The molecule has 0 spiro atoms. The lowest BCUT2D eigenvalue weighted by atomic mass is 9.63. The van der Waals surface area contributed by atoms with Crippen LogP contribution in [0.15, 0.2) is 0 Å². The maximum Gasteiger partial charge on any atom is 0.328 e. The van der Waals surface area contributed by atoms with Gasteiger partial charge >= 0.3 is 6.03 Å². The molecule has 5 heteroatoms. The van der Waals surface area contributed by atoms with Gasteiger partial charge in [-0.05, 0) is 11.8 Å². The standard InChI is InChI=1S/C10H16N2O3/c1-5-10(9(2,3)4)6(13)11-8(15)12-7(10)14/h5H2,1-4H3,(H2,11,12,13,14,15). The number of urea groups is 1. The zero-order valence-electron chi connectivity index (χ0n) is 9.43. The van der Waals surface area contributed by atoms with E-state index < -0.39 is 28.7 Å². The second kappa shape index (κ2) is 3.32. The first-order chi connectivity index (χ1) is 6.75. The summed E-state index contributed by atoms with van der Waals surface area (Å²) >= 11 is 0. The Balaban J connectivity index is 3.24. The zero-order chi connectivity index (χ0) is 11.9. The molecule has 0 atom stereocenters. The van der Waals surface area contributed by atoms with Crippen LogP contribution in [0.3, 0.4) is 0 Å². The van der Waals surface area contributed by atoms with Gasteiger partial charge in [-0.1, -0.05) is 27.7 Å². The van der Waals surface area contributed by atoms with Crippen molar-refractivity contribution in [2.45, 2.75) is 34.1 Å². The first-order valence-corrected chi connectivity index (χ1v) is 4.92. The molecule has 4 amide bonds. The van der Waals surface area contributed by atoms with Gasteiger partial charge in [-0.3, -0.25) is 20.2 Å². The number of rotatable bonds is 1. The molecule has 15 heavy (non-hydrogen) atoms. The lowest BCUT2D eigenvalue weighted by Crippen LogP contribution is -2.66. The van der Waals surface area contributed by atoms with Gasteiger partial charge in [0.2, 0.25) is 11.8 Å². The number of carbonyl (C=O) groups excluding carboxylic acids is 3. The summed E-state index contributed by atoms with van der Waals surface area (Å²) in [7, 11) is 0. The van der Waals surface area contributed by atoms with Gasteiger partial charge in [0.15, 0.2) is 0 Å². The van der Waals surface area contributed by atoms with Crippen molar-refractivity contribution in [3.63, 3.8) is 0 Å². The quantitative estimate of drug-likeness (QED) is 0.631. The fourth-order valence-corrected chi connectivity index (χ4v) is 2.09. The molecule has 1 fully saturated rings. The van der Waals surface area contributed by atoms with E-state index in [1.54, 1.807) is 6.92 Å². The van der Waals surface area contributed by atoms with Crippen molar-refractivity contribution in [2.75, 3.05) is 0 Å².